The number of nitrogens with two attached hydrogens (primary N) is 1. The molecule has 17 heavy (non-hydrogen) atoms. The Morgan fingerprint density at radius 1 is 1.29 bits per heavy atom. The molecule has 0 aliphatic heterocycles. The number of anilines is 1. The summed E-state index contributed by atoms with van der Waals surface area (Å²) in [6.45, 7) is 4.04. The minimum Gasteiger partial charge on any atom is -0.483 e. The molecular formula is C11H12ClN3O2. The van der Waals surface area contributed by atoms with Crippen molar-refractivity contribution in [3.63, 3.8) is 0 Å². The molecule has 0 aliphatic rings. The highest BCUT2D eigenvalue weighted by Crippen LogP contribution is 2.27. The highest BCUT2D eigenvalue weighted by Gasteiger charge is 2.08. The fourth-order valence-corrected chi connectivity index (χ4v) is 1.91. The van der Waals surface area contributed by atoms with Crippen molar-refractivity contribution >= 4 is 17.6 Å². The van der Waals surface area contributed by atoms with Gasteiger partial charge >= 0.3 is 6.01 Å². The molecule has 1 aromatic carbocycles. The quantitative estimate of drug-likeness (QED) is 0.910. The summed E-state index contributed by atoms with van der Waals surface area (Å²) in [5.41, 5.74) is 7.24. The summed E-state index contributed by atoms with van der Waals surface area (Å²) in [4.78, 5) is 0. The van der Waals surface area contributed by atoms with E-state index >= 15 is 0 Å². The van der Waals surface area contributed by atoms with Crippen molar-refractivity contribution in [1.29, 1.82) is 0 Å². The van der Waals surface area contributed by atoms with Crippen LogP contribution in [0.2, 0.25) is 5.02 Å². The molecule has 0 radical (unpaired) electrons. The number of halogens is 1. The normalized spacial score (nSPS) is 10.5. The van der Waals surface area contributed by atoms with Gasteiger partial charge in [-0.1, -0.05) is 16.7 Å². The number of hydrogen-bond acceptors (Lipinski definition) is 5. The van der Waals surface area contributed by atoms with Gasteiger partial charge in [-0.05, 0) is 37.1 Å². The molecule has 0 saturated heterocycles. The maximum absolute atomic E-state index is 5.93. The zero-order valence-electron chi connectivity index (χ0n) is 9.53. The van der Waals surface area contributed by atoms with E-state index in [9.17, 15) is 0 Å². The van der Waals surface area contributed by atoms with Crippen LogP contribution in [0.3, 0.4) is 0 Å². The average molecular weight is 254 g/mol. The number of ether oxygens (including phenoxy) is 1. The Kier molecular flexibility index (Phi) is 3.19. The Labute approximate surface area is 104 Å². The molecule has 2 N–H and O–H groups in total. The van der Waals surface area contributed by atoms with Gasteiger partial charge in [0.2, 0.25) is 0 Å². The lowest BCUT2D eigenvalue weighted by atomic mass is 10.1. The molecule has 5 nitrogen and oxygen atoms in total. The van der Waals surface area contributed by atoms with Crippen LogP contribution in [-0.2, 0) is 6.61 Å². The van der Waals surface area contributed by atoms with Crippen LogP contribution in [0.5, 0.6) is 5.75 Å². The van der Waals surface area contributed by atoms with Gasteiger partial charge in [0.25, 0.3) is 5.89 Å². The minimum atomic E-state index is 0.0353. The number of aromatic nitrogens is 2. The predicted octanol–water partition coefficient (Wildman–Crippen LogP) is 2.50. The highest BCUT2D eigenvalue weighted by atomic mass is 35.5. The molecule has 0 spiro atoms. The standard InChI is InChI=1S/C11H12ClN3O2/c1-6-3-8(12)4-7(2)10(6)16-5-9-14-15-11(13)17-9/h3-4H,5H2,1-2H3,(H2,13,15). The van der Waals surface area contributed by atoms with Crippen LogP contribution in [0.25, 0.3) is 0 Å². The van der Waals surface area contributed by atoms with Crippen LogP contribution in [0.4, 0.5) is 6.01 Å². The van der Waals surface area contributed by atoms with Crippen LogP contribution in [0.1, 0.15) is 17.0 Å². The summed E-state index contributed by atoms with van der Waals surface area (Å²) in [5.74, 6) is 1.11. The van der Waals surface area contributed by atoms with E-state index in [1.54, 1.807) is 0 Å². The molecule has 2 aromatic rings. The first-order chi connectivity index (χ1) is 8.06. The van der Waals surface area contributed by atoms with Crippen LogP contribution < -0.4 is 10.5 Å². The second-order valence-electron chi connectivity index (χ2n) is 3.69. The van der Waals surface area contributed by atoms with Gasteiger partial charge in [-0.3, -0.25) is 0 Å². The molecule has 6 heteroatoms. The molecule has 0 amide bonds. The Morgan fingerprint density at radius 2 is 1.94 bits per heavy atom. The fourth-order valence-electron chi connectivity index (χ4n) is 1.58. The van der Waals surface area contributed by atoms with Crippen molar-refractivity contribution < 1.29 is 9.15 Å². The first-order valence-electron chi connectivity index (χ1n) is 5.03. The van der Waals surface area contributed by atoms with Crippen LogP contribution in [0, 0.1) is 13.8 Å². The van der Waals surface area contributed by atoms with Crippen molar-refractivity contribution in [1.82, 2.24) is 10.2 Å². The Morgan fingerprint density at radius 3 is 2.47 bits per heavy atom. The summed E-state index contributed by atoms with van der Waals surface area (Å²) in [5, 5.41) is 7.95. The lowest BCUT2D eigenvalue weighted by Gasteiger charge is -2.10. The highest BCUT2D eigenvalue weighted by molar-refractivity contribution is 6.30. The Bertz CT molecular complexity index is 516. The number of benzene rings is 1. The lowest BCUT2D eigenvalue weighted by Crippen LogP contribution is -1.99. The summed E-state index contributed by atoms with van der Waals surface area (Å²) in [6, 6.07) is 3.71. The molecule has 90 valence electrons. The summed E-state index contributed by atoms with van der Waals surface area (Å²) in [6.07, 6.45) is 0. The largest absolute Gasteiger partial charge is 0.483 e. The van der Waals surface area contributed by atoms with Crippen molar-refractivity contribution in [3.8, 4) is 5.75 Å². The molecule has 1 heterocycles. The number of nitrogen functional groups attached to an aromatic ring is 1. The Hall–Kier alpha value is -1.75. The first kappa shape index (κ1) is 11.7. The summed E-state index contributed by atoms with van der Waals surface area (Å²) in [7, 11) is 0. The van der Waals surface area contributed by atoms with E-state index in [0.717, 1.165) is 16.9 Å². The molecule has 0 aliphatic carbocycles. The number of rotatable bonds is 3. The van der Waals surface area contributed by atoms with Crippen LogP contribution in [-0.4, -0.2) is 10.2 Å². The third-order valence-corrected chi connectivity index (χ3v) is 2.47. The summed E-state index contributed by atoms with van der Waals surface area (Å²) < 4.78 is 10.6. The summed E-state index contributed by atoms with van der Waals surface area (Å²) >= 11 is 5.93. The second-order valence-corrected chi connectivity index (χ2v) is 4.13. The molecular weight excluding hydrogens is 242 g/mol. The van der Waals surface area contributed by atoms with E-state index in [1.807, 2.05) is 26.0 Å². The molecule has 0 unspecified atom stereocenters. The predicted molar refractivity (Wildman–Crippen MR) is 64.0 cm³/mol. The number of hydrogen-bond donors (Lipinski definition) is 1. The van der Waals surface area contributed by atoms with Crippen molar-refractivity contribution in [2.45, 2.75) is 20.5 Å². The molecule has 0 bridgehead atoms. The van der Waals surface area contributed by atoms with Gasteiger partial charge in [-0.2, -0.15) is 0 Å². The van der Waals surface area contributed by atoms with Gasteiger partial charge in [0.1, 0.15) is 5.75 Å². The van der Waals surface area contributed by atoms with Crippen LogP contribution >= 0.6 is 11.6 Å². The van der Waals surface area contributed by atoms with Crippen molar-refractivity contribution in [3.05, 3.63) is 34.2 Å². The van der Waals surface area contributed by atoms with E-state index in [1.165, 1.54) is 0 Å². The second kappa shape index (κ2) is 4.63. The van der Waals surface area contributed by atoms with E-state index in [-0.39, 0.29) is 12.6 Å². The topological polar surface area (TPSA) is 74.2 Å². The molecule has 0 saturated carbocycles. The average Bonchev–Trinajstić information content (AvgIpc) is 2.62. The van der Waals surface area contributed by atoms with Gasteiger partial charge < -0.3 is 14.9 Å². The maximum Gasteiger partial charge on any atom is 0.312 e. The third kappa shape index (κ3) is 2.68. The van der Waals surface area contributed by atoms with Gasteiger partial charge in [0.05, 0.1) is 0 Å². The fraction of sp³-hybridized carbons (Fsp3) is 0.273. The SMILES string of the molecule is Cc1cc(Cl)cc(C)c1OCc1nnc(N)o1. The zero-order valence-corrected chi connectivity index (χ0v) is 10.3. The lowest BCUT2D eigenvalue weighted by molar-refractivity contribution is 0.262. The third-order valence-electron chi connectivity index (χ3n) is 2.25. The minimum absolute atomic E-state index is 0.0353. The number of nitrogens with zero attached hydrogens (tertiary/aromatic N) is 2. The van der Waals surface area contributed by atoms with Crippen LogP contribution in [0.15, 0.2) is 16.5 Å². The van der Waals surface area contributed by atoms with E-state index in [2.05, 4.69) is 10.2 Å². The first-order valence-corrected chi connectivity index (χ1v) is 5.41. The molecule has 0 fully saturated rings. The monoisotopic (exact) mass is 253 g/mol. The van der Waals surface area contributed by atoms with E-state index < -0.39 is 0 Å². The molecule has 0 atom stereocenters. The smallest absolute Gasteiger partial charge is 0.312 e. The van der Waals surface area contributed by atoms with E-state index in [0.29, 0.717) is 10.9 Å². The maximum atomic E-state index is 5.93. The zero-order chi connectivity index (χ0) is 12.4. The van der Waals surface area contributed by atoms with Gasteiger partial charge in [0, 0.05) is 5.02 Å². The Balaban J connectivity index is 2.14. The van der Waals surface area contributed by atoms with Crippen molar-refractivity contribution in [2.24, 2.45) is 0 Å². The van der Waals surface area contributed by atoms with Crippen molar-refractivity contribution in [2.75, 3.05) is 5.73 Å². The van der Waals surface area contributed by atoms with Gasteiger partial charge in [-0.15, -0.1) is 5.10 Å². The molecule has 2 rings (SSSR count). The number of aryl methyl sites for hydroxylation is 2. The molecule has 1 aromatic heterocycles. The van der Waals surface area contributed by atoms with Gasteiger partial charge in [-0.25, -0.2) is 0 Å². The van der Waals surface area contributed by atoms with Gasteiger partial charge in [0.15, 0.2) is 6.61 Å². The van der Waals surface area contributed by atoms with E-state index in [4.69, 9.17) is 26.5 Å².